The first-order valence-corrected chi connectivity index (χ1v) is 6.15. The van der Waals surface area contributed by atoms with Crippen molar-refractivity contribution in [3.63, 3.8) is 0 Å². The van der Waals surface area contributed by atoms with Crippen molar-refractivity contribution < 1.29 is 22.8 Å². The number of aliphatic hydroxyl groups is 2. The van der Waals surface area contributed by atoms with E-state index in [4.69, 9.17) is 7.80 Å². The van der Waals surface area contributed by atoms with E-state index in [9.17, 15) is 15.0 Å². The normalized spacial score (nSPS) is 35.5. The van der Waals surface area contributed by atoms with Crippen molar-refractivity contribution >= 4 is 29.1 Å². The molecule has 98 valence electrons. The molecular weight excluding hydrogens is 341 g/mol. The highest BCUT2D eigenvalue weighted by atomic mass is 127. The Labute approximate surface area is 114 Å². The van der Waals surface area contributed by atoms with Gasteiger partial charge in [-0.2, -0.15) is 0 Å². The molecule has 0 aromatic heterocycles. The second-order valence-corrected chi connectivity index (χ2v) is 4.32. The molecule has 4 unspecified atom stereocenters. The molecule has 0 aromatic rings. The summed E-state index contributed by atoms with van der Waals surface area (Å²) in [7, 11) is 1.46. The van der Waals surface area contributed by atoms with Gasteiger partial charge in [0.25, 0.3) is 0 Å². The lowest BCUT2D eigenvalue weighted by Crippen LogP contribution is -2.37. The van der Waals surface area contributed by atoms with Gasteiger partial charge in [-0.1, -0.05) is 6.08 Å². The van der Waals surface area contributed by atoms with Crippen LogP contribution in [0.3, 0.4) is 0 Å². The Bertz CT molecular complexity index is 286. The zero-order valence-corrected chi connectivity index (χ0v) is 11.5. The number of carbonyl (C=O) groups excluding carboxylic acids is 1. The summed E-state index contributed by atoms with van der Waals surface area (Å²) in [6, 6.07) is 0. The third-order valence-corrected chi connectivity index (χ3v) is 3.15. The molecule has 0 fully saturated rings. The highest BCUT2D eigenvalue weighted by Crippen LogP contribution is 2.20. The van der Waals surface area contributed by atoms with E-state index < -0.39 is 30.5 Å². The van der Waals surface area contributed by atoms with Crippen molar-refractivity contribution in [2.24, 2.45) is 0 Å². The standard InChI is InChI=1S/C10H16INO5/c1-12-10(15)16-7-3-2-6(13)4-8(14)9(5-7)17-11/h2-3,6-9,13-14H,4-5H2,1H3,(H,12,15)/b3-2+. The van der Waals surface area contributed by atoms with Crippen molar-refractivity contribution in [1.29, 1.82) is 0 Å². The SMILES string of the molecule is CNC(=O)OC1/C=C/C(O)CC(O)C(OI)C1. The number of carbonyl (C=O) groups is 1. The molecule has 6 nitrogen and oxygen atoms in total. The van der Waals surface area contributed by atoms with Crippen molar-refractivity contribution in [2.75, 3.05) is 7.05 Å². The first-order chi connectivity index (χ1) is 8.06. The van der Waals surface area contributed by atoms with Crippen LogP contribution >= 0.6 is 23.0 Å². The van der Waals surface area contributed by atoms with Gasteiger partial charge in [0, 0.05) is 19.9 Å². The van der Waals surface area contributed by atoms with Gasteiger partial charge in [-0.3, -0.25) is 0 Å². The van der Waals surface area contributed by atoms with Crippen molar-refractivity contribution in [2.45, 2.75) is 37.3 Å². The molecule has 0 spiro atoms. The van der Waals surface area contributed by atoms with Gasteiger partial charge in [-0.05, 0) is 6.08 Å². The maximum absolute atomic E-state index is 11.1. The number of hydrogen-bond donors (Lipinski definition) is 3. The van der Waals surface area contributed by atoms with E-state index in [0.717, 1.165) is 0 Å². The molecule has 4 atom stereocenters. The van der Waals surface area contributed by atoms with Gasteiger partial charge in [0.2, 0.25) is 0 Å². The fourth-order valence-electron chi connectivity index (χ4n) is 1.57. The summed E-state index contributed by atoms with van der Waals surface area (Å²) in [4.78, 5) is 11.1. The largest absolute Gasteiger partial charge is 0.442 e. The van der Waals surface area contributed by atoms with E-state index in [0.29, 0.717) is 6.42 Å². The topological polar surface area (TPSA) is 88.0 Å². The monoisotopic (exact) mass is 357 g/mol. The number of aliphatic hydroxyl groups excluding tert-OH is 2. The average Bonchev–Trinajstić information content (AvgIpc) is 2.30. The van der Waals surface area contributed by atoms with Crippen LogP contribution in [0, 0.1) is 0 Å². The smallest absolute Gasteiger partial charge is 0.407 e. The van der Waals surface area contributed by atoms with E-state index in [1.54, 1.807) is 29.1 Å². The lowest BCUT2D eigenvalue weighted by Gasteiger charge is -2.27. The molecule has 3 N–H and O–H groups in total. The van der Waals surface area contributed by atoms with E-state index in [-0.39, 0.29) is 6.42 Å². The zero-order valence-electron chi connectivity index (χ0n) is 9.38. The fourth-order valence-corrected chi connectivity index (χ4v) is 2.12. The second kappa shape index (κ2) is 7.14. The first-order valence-electron chi connectivity index (χ1n) is 5.27. The highest BCUT2D eigenvalue weighted by molar-refractivity contribution is 14.1. The minimum Gasteiger partial charge on any atom is -0.442 e. The van der Waals surface area contributed by atoms with Gasteiger partial charge in [0.1, 0.15) is 29.1 Å². The Kier molecular flexibility index (Phi) is 6.17. The van der Waals surface area contributed by atoms with Crippen molar-refractivity contribution in [1.82, 2.24) is 5.32 Å². The number of ether oxygens (including phenoxy) is 1. The van der Waals surface area contributed by atoms with Crippen LogP contribution < -0.4 is 5.32 Å². The summed E-state index contributed by atoms with van der Waals surface area (Å²) in [6.45, 7) is 0. The van der Waals surface area contributed by atoms with Crippen LogP contribution in [0.2, 0.25) is 0 Å². The number of alkyl carbamates (subject to hydrolysis) is 1. The molecule has 0 saturated carbocycles. The van der Waals surface area contributed by atoms with Gasteiger partial charge in [-0.25, -0.2) is 4.79 Å². The summed E-state index contributed by atoms with van der Waals surface area (Å²) in [6.07, 6.45) is 0.546. The molecule has 17 heavy (non-hydrogen) atoms. The molecule has 0 saturated heterocycles. The molecule has 1 aliphatic rings. The van der Waals surface area contributed by atoms with E-state index in [1.807, 2.05) is 0 Å². The first kappa shape index (κ1) is 14.7. The lowest BCUT2D eigenvalue weighted by molar-refractivity contribution is 0.00172. The Morgan fingerprint density at radius 3 is 2.71 bits per heavy atom. The fraction of sp³-hybridized carbons (Fsp3) is 0.700. The molecule has 1 aliphatic carbocycles. The van der Waals surface area contributed by atoms with Crippen LogP contribution in [-0.2, 0) is 7.80 Å². The van der Waals surface area contributed by atoms with Crippen LogP contribution in [0.1, 0.15) is 12.8 Å². The van der Waals surface area contributed by atoms with Crippen molar-refractivity contribution in [3.05, 3.63) is 12.2 Å². The quantitative estimate of drug-likeness (QED) is 0.495. The molecule has 0 aromatic carbocycles. The predicted molar refractivity (Wildman–Crippen MR) is 68.6 cm³/mol. The summed E-state index contributed by atoms with van der Waals surface area (Å²) in [5.74, 6) is 0. The minimum atomic E-state index is -0.789. The molecule has 1 rings (SSSR count). The third-order valence-electron chi connectivity index (χ3n) is 2.50. The molecule has 0 radical (unpaired) electrons. The second-order valence-electron chi connectivity index (χ2n) is 3.81. The number of nitrogens with one attached hydrogen (secondary N) is 1. The number of rotatable bonds is 2. The van der Waals surface area contributed by atoms with Crippen LogP contribution in [0.4, 0.5) is 4.79 Å². The van der Waals surface area contributed by atoms with E-state index in [2.05, 4.69) is 5.32 Å². The Balaban J connectivity index is 2.71. The summed E-state index contributed by atoms with van der Waals surface area (Å²) in [5, 5.41) is 21.7. The van der Waals surface area contributed by atoms with Gasteiger partial charge < -0.3 is 23.3 Å². The molecule has 1 amide bonds. The van der Waals surface area contributed by atoms with Gasteiger partial charge in [0.05, 0.1) is 18.3 Å². The van der Waals surface area contributed by atoms with Crippen LogP contribution in [0.25, 0.3) is 0 Å². The molecule has 0 heterocycles. The van der Waals surface area contributed by atoms with E-state index >= 15 is 0 Å². The maximum atomic E-state index is 11.1. The Morgan fingerprint density at radius 1 is 1.41 bits per heavy atom. The van der Waals surface area contributed by atoms with Crippen molar-refractivity contribution in [3.8, 4) is 0 Å². The zero-order chi connectivity index (χ0) is 12.8. The maximum Gasteiger partial charge on any atom is 0.407 e. The summed E-state index contributed by atoms with van der Waals surface area (Å²) >= 11 is 1.69. The van der Waals surface area contributed by atoms with Gasteiger partial charge in [0.15, 0.2) is 0 Å². The molecule has 0 aliphatic heterocycles. The molecule has 0 bridgehead atoms. The third kappa shape index (κ3) is 4.78. The van der Waals surface area contributed by atoms with Crippen LogP contribution in [-0.4, -0.2) is 47.8 Å². The Morgan fingerprint density at radius 2 is 2.12 bits per heavy atom. The number of halogens is 1. The van der Waals surface area contributed by atoms with Crippen LogP contribution in [0.5, 0.6) is 0 Å². The number of amides is 1. The van der Waals surface area contributed by atoms with Gasteiger partial charge >= 0.3 is 6.09 Å². The highest BCUT2D eigenvalue weighted by Gasteiger charge is 2.28. The molecular formula is C10H16INO5. The average molecular weight is 357 g/mol. The predicted octanol–water partition coefficient (Wildman–Crippen LogP) is 0.518. The van der Waals surface area contributed by atoms with E-state index in [1.165, 1.54) is 13.1 Å². The lowest BCUT2D eigenvalue weighted by atomic mass is 9.97. The minimum absolute atomic E-state index is 0.205. The van der Waals surface area contributed by atoms with Gasteiger partial charge in [-0.15, -0.1) is 0 Å². The number of hydrogen-bond acceptors (Lipinski definition) is 5. The summed E-state index contributed by atoms with van der Waals surface area (Å²) in [5.41, 5.74) is 0. The molecule has 7 heteroatoms. The summed E-state index contributed by atoms with van der Waals surface area (Å²) < 4.78 is 10.2. The Hall–Kier alpha value is -0.380. The van der Waals surface area contributed by atoms with Crippen LogP contribution in [0.15, 0.2) is 12.2 Å².